The second-order valence-electron chi connectivity index (χ2n) is 3.06. The highest BCUT2D eigenvalue weighted by Crippen LogP contribution is 2.29. The Balaban J connectivity index is 1.98. The van der Waals surface area contributed by atoms with Gasteiger partial charge in [-0.2, -0.15) is 4.98 Å². The third kappa shape index (κ3) is 1.47. The molecule has 0 bridgehead atoms. The molecule has 0 aromatic carbocycles. The van der Waals surface area contributed by atoms with E-state index in [1.165, 1.54) is 6.26 Å². The zero-order chi connectivity index (χ0) is 8.55. The molecule has 0 atom stereocenters. The summed E-state index contributed by atoms with van der Waals surface area (Å²) in [5.74, 6) is 0.217. The van der Waals surface area contributed by atoms with Crippen LogP contribution in [0.2, 0.25) is 0 Å². The van der Waals surface area contributed by atoms with Crippen molar-refractivity contribution in [3.05, 3.63) is 12.0 Å². The number of anilines is 1. The van der Waals surface area contributed by atoms with Crippen LogP contribution in [-0.2, 0) is 4.79 Å². The standard InChI is InChI=1S/C8H10N2O2/c1-5-4-12-8(9-5)10-7(11)6-2-3-6/h4,6H,2-3H2,1H3,(H,9,10,11). The molecule has 1 saturated carbocycles. The molecule has 1 aromatic rings. The van der Waals surface area contributed by atoms with Crippen LogP contribution < -0.4 is 5.32 Å². The van der Waals surface area contributed by atoms with Gasteiger partial charge in [0.1, 0.15) is 6.26 Å². The third-order valence-electron chi connectivity index (χ3n) is 1.80. The number of hydrogen-bond acceptors (Lipinski definition) is 3. The molecule has 1 aromatic heterocycles. The minimum Gasteiger partial charge on any atom is -0.432 e. The van der Waals surface area contributed by atoms with Crippen LogP contribution in [0.5, 0.6) is 0 Å². The topological polar surface area (TPSA) is 55.1 Å². The Kier molecular flexibility index (Phi) is 1.60. The van der Waals surface area contributed by atoms with E-state index in [0.29, 0.717) is 6.01 Å². The zero-order valence-corrected chi connectivity index (χ0v) is 6.83. The Morgan fingerprint density at radius 2 is 2.50 bits per heavy atom. The number of amides is 1. The summed E-state index contributed by atoms with van der Waals surface area (Å²) in [4.78, 5) is 15.1. The lowest BCUT2D eigenvalue weighted by Crippen LogP contribution is -2.13. The smallest absolute Gasteiger partial charge is 0.301 e. The van der Waals surface area contributed by atoms with Crippen LogP contribution in [0.1, 0.15) is 18.5 Å². The monoisotopic (exact) mass is 166 g/mol. The van der Waals surface area contributed by atoms with E-state index in [1.807, 2.05) is 6.92 Å². The largest absolute Gasteiger partial charge is 0.432 e. The van der Waals surface area contributed by atoms with Crippen molar-refractivity contribution in [1.29, 1.82) is 0 Å². The molecule has 1 heterocycles. The fourth-order valence-electron chi connectivity index (χ4n) is 0.964. The molecule has 4 heteroatoms. The van der Waals surface area contributed by atoms with Gasteiger partial charge in [-0.05, 0) is 19.8 Å². The summed E-state index contributed by atoms with van der Waals surface area (Å²) in [5, 5.41) is 2.61. The zero-order valence-electron chi connectivity index (χ0n) is 6.83. The number of aryl methyl sites for hydroxylation is 1. The van der Waals surface area contributed by atoms with Crippen molar-refractivity contribution >= 4 is 11.9 Å². The van der Waals surface area contributed by atoms with Gasteiger partial charge in [0.05, 0.1) is 5.69 Å². The number of oxazole rings is 1. The lowest BCUT2D eigenvalue weighted by atomic mass is 10.4. The molecule has 4 nitrogen and oxygen atoms in total. The van der Waals surface area contributed by atoms with E-state index in [-0.39, 0.29) is 11.8 Å². The predicted molar refractivity (Wildman–Crippen MR) is 42.6 cm³/mol. The highest BCUT2D eigenvalue weighted by Gasteiger charge is 2.30. The van der Waals surface area contributed by atoms with Crippen LogP contribution in [-0.4, -0.2) is 10.9 Å². The maximum Gasteiger partial charge on any atom is 0.301 e. The molecule has 64 valence electrons. The maximum absolute atomic E-state index is 11.2. The third-order valence-corrected chi connectivity index (χ3v) is 1.80. The second-order valence-corrected chi connectivity index (χ2v) is 3.06. The summed E-state index contributed by atoms with van der Waals surface area (Å²) in [6.45, 7) is 1.82. The molecule has 0 saturated heterocycles. The van der Waals surface area contributed by atoms with Crippen molar-refractivity contribution in [3.63, 3.8) is 0 Å². The van der Waals surface area contributed by atoms with Crippen molar-refractivity contribution in [2.24, 2.45) is 5.92 Å². The van der Waals surface area contributed by atoms with Crippen LogP contribution in [0.25, 0.3) is 0 Å². The number of carbonyl (C=O) groups is 1. The average Bonchev–Trinajstić information content (AvgIpc) is 2.78. The average molecular weight is 166 g/mol. The van der Waals surface area contributed by atoms with Gasteiger partial charge < -0.3 is 4.42 Å². The summed E-state index contributed by atoms with van der Waals surface area (Å²) in [6.07, 6.45) is 3.50. The van der Waals surface area contributed by atoms with Crippen LogP contribution in [0, 0.1) is 12.8 Å². The van der Waals surface area contributed by atoms with E-state index in [2.05, 4.69) is 10.3 Å². The lowest BCUT2D eigenvalue weighted by Gasteiger charge is -1.95. The molecular formula is C8H10N2O2. The van der Waals surface area contributed by atoms with Crippen LogP contribution in [0.4, 0.5) is 6.01 Å². The summed E-state index contributed by atoms with van der Waals surface area (Å²) in [7, 11) is 0. The Morgan fingerprint density at radius 1 is 1.75 bits per heavy atom. The number of nitrogens with one attached hydrogen (secondary N) is 1. The number of nitrogens with zero attached hydrogens (tertiary/aromatic N) is 1. The summed E-state index contributed by atoms with van der Waals surface area (Å²) in [6, 6.07) is 0.310. The molecule has 1 N–H and O–H groups in total. The van der Waals surface area contributed by atoms with Crippen LogP contribution in [0.3, 0.4) is 0 Å². The van der Waals surface area contributed by atoms with Crippen LogP contribution >= 0.6 is 0 Å². The minimum absolute atomic E-state index is 0.0249. The quantitative estimate of drug-likeness (QED) is 0.721. The first-order valence-corrected chi connectivity index (χ1v) is 3.99. The first kappa shape index (κ1) is 7.34. The Bertz CT molecular complexity index is 302. The molecule has 1 aliphatic carbocycles. The van der Waals surface area contributed by atoms with Gasteiger partial charge in [-0.1, -0.05) is 0 Å². The summed E-state index contributed by atoms with van der Waals surface area (Å²) >= 11 is 0. The molecule has 0 aliphatic heterocycles. The van der Waals surface area contributed by atoms with Crippen molar-refractivity contribution in [1.82, 2.24) is 4.98 Å². The van der Waals surface area contributed by atoms with Gasteiger partial charge in [-0.3, -0.25) is 10.1 Å². The highest BCUT2D eigenvalue weighted by atomic mass is 16.4. The normalized spacial score (nSPS) is 16.1. The first-order valence-electron chi connectivity index (χ1n) is 3.99. The second kappa shape index (κ2) is 2.62. The van der Waals surface area contributed by atoms with E-state index in [9.17, 15) is 4.79 Å². The van der Waals surface area contributed by atoms with Crippen molar-refractivity contribution in [3.8, 4) is 0 Å². The van der Waals surface area contributed by atoms with Crippen molar-refractivity contribution < 1.29 is 9.21 Å². The van der Waals surface area contributed by atoms with Crippen LogP contribution in [0.15, 0.2) is 10.7 Å². The molecule has 1 fully saturated rings. The van der Waals surface area contributed by atoms with Gasteiger partial charge in [-0.25, -0.2) is 0 Å². The van der Waals surface area contributed by atoms with Gasteiger partial charge in [0.25, 0.3) is 0 Å². The van der Waals surface area contributed by atoms with Crippen molar-refractivity contribution in [2.75, 3.05) is 5.32 Å². The number of aromatic nitrogens is 1. The maximum atomic E-state index is 11.2. The van der Waals surface area contributed by atoms with Gasteiger partial charge >= 0.3 is 6.01 Å². The minimum atomic E-state index is 0.0249. The van der Waals surface area contributed by atoms with E-state index >= 15 is 0 Å². The van der Waals surface area contributed by atoms with Gasteiger partial charge in [0.15, 0.2) is 0 Å². The predicted octanol–water partition coefficient (Wildman–Crippen LogP) is 1.33. The molecule has 0 spiro atoms. The highest BCUT2D eigenvalue weighted by molar-refractivity contribution is 5.92. The SMILES string of the molecule is Cc1coc(NC(=O)C2CC2)n1. The van der Waals surface area contributed by atoms with E-state index < -0.39 is 0 Å². The van der Waals surface area contributed by atoms with Crippen molar-refractivity contribution in [2.45, 2.75) is 19.8 Å². The number of hydrogen-bond donors (Lipinski definition) is 1. The molecule has 12 heavy (non-hydrogen) atoms. The molecule has 1 amide bonds. The van der Waals surface area contributed by atoms with Gasteiger partial charge in [0.2, 0.25) is 5.91 Å². The number of carbonyl (C=O) groups excluding carboxylic acids is 1. The summed E-state index contributed by atoms with van der Waals surface area (Å²) < 4.78 is 4.97. The lowest BCUT2D eigenvalue weighted by molar-refractivity contribution is -0.117. The fraction of sp³-hybridized carbons (Fsp3) is 0.500. The Morgan fingerprint density at radius 3 is 3.00 bits per heavy atom. The summed E-state index contributed by atoms with van der Waals surface area (Å²) in [5.41, 5.74) is 0.779. The molecule has 1 aliphatic rings. The van der Waals surface area contributed by atoms with Gasteiger partial charge in [0, 0.05) is 5.92 Å². The molecular weight excluding hydrogens is 156 g/mol. The Hall–Kier alpha value is -1.32. The Labute approximate surface area is 70.0 Å². The molecule has 2 rings (SSSR count). The van der Waals surface area contributed by atoms with E-state index in [1.54, 1.807) is 0 Å². The molecule has 0 radical (unpaired) electrons. The van der Waals surface area contributed by atoms with E-state index in [4.69, 9.17) is 4.42 Å². The number of rotatable bonds is 2. The first-order chi connectivity index (χ1) is 5.75. The van der Waals surface area contributed by atoms with E-state index in [0.717, 1.165) is 18.5 Å². The fourth-order valence-corrected chi connectivity index (χ4v) is 0.964. The van der Waals surface area contributed by atoms with Gasteiger partial charge in [-0.15, -0.1) is 0 Å². The molecule has 0 unspecified atom stereocenters.